The van der Waals surface area contributed by atoms with Crippen molar-refractivity contribution in [1.29, 1.82) is 0 Å². The minimum Gasteiger partial charge on any atom is -0.456 e. The lowest BCUT2D eigenvalue weighted by Crippen LogP contribution is -2.45. The molecule has 3 rings (SSSR count). The number of ketones is 1. The van der Waals surface area contributed by atoms with Crippen LogP contribution in [0.25, 0.3) is 0 Å². The molecule has 1 aliphatic rings. The molecule has 2 aromatic carbocycles. The van der Waals surface area contributed by atoms with Gasteiger partial charge in [0.25, 0.3) is 0 Å². The van der Waals surface area contributed by atoms with Gasteiger partial charge in [0.1, 0.15) is 6.04 Å². The van der Waals surface area contributed by atoms with Crippen LogP contribution < -0.4 is 9.62 Å². The molecule has 8 heteroatoms. The minimum absolute atomic E-state index is 0.0512. The number of anilines is 1. The molecule has 33 heavy (non-hydrogen) atoms. The number of ether oxygens (including phenoxy) is 1. The van der Waals surface area contributed by atoms with Crippen molar-refractivity contribution in [1.82, 2.24) is 4.72 Å². The number of para-hydroxylation sites is 1. The zero-order chi connectivity index (χ0) is 24.4. The van der Waals surface area contributed by atoms with Crippen LogP contribution in [0.1, 0.15) is 33.3 Å². The first-order chi connectivity index (χ1) is 15.4. The molecule has 0 aliphatic carbocycles. The maximum Gasteiger partial charge on any atom is 0.324 e. The number of hydrogen-bond acceptors (Lipinski definition) is 6. The fourth-order valence-corrected chi connectivity index (χ4v) is 5.33. The maximum absolute atomic E-state index is 12.7. The summed E-state index contributed by atoms with van der Waals surface area (Å²) in [4.78, 5) is 27.4. The molecule has 0 saturated carbocycles. The second kappa shape index (κ2) is 9.49. The first-order valence-corrected chi connectivity index (χ1v) is 12.3. The van der Waals surface area contributed by atoms with Crippen LogP contribution in [0, 0.1) is 5.92 Å². The summed E-state index contributed by atoms with van der Waals surface area (Å²) in [7, 11) is -2.02. The molecule has 2 aromatic rings. The highest BCUT2D eigenvalue weighted by atomic mass is 32.2. The van der Waals surface area contributed by atoms with E-state index in [1.54, 1.807) is 32.0 Å². The van der Waals surface area contributed by atoms with Crippen molar-refractivity contribution in [3.8, 4) is 0 Å². The van der Waals surface area contributed by atoms with Gasteiger partial charge in [0.15, 0.2) is 12.4 Å². The predicted octanol–water partition coefficient (Wildman–Crippen LogP) is 3.41. The van der Waals surface area contributed by atoms with Crippen LogP contribution in [-0.4, -0.2) is 39.9 Å². The highest BCUT2D eigenvalue weighted by molar-refractivity contribution is 7.89. The molecular weight excluding hydrogens is 440 g/mol. The Kier molecular flexibility index (Phi) is 7.09. The van der Waals surface area contributed by atoms with Gasteiger partial charge in [0.05, 0.1) is 4.90 Å². The highest BCUT2D eigenvalue weighted by Gasteiger charge is 2.38. The molecule has 0 spiro atoms. The number of allylic oxidation sites excluding steroid dienone is 1. The first-order valence-electron chi connectivity index (χ1n) is 10.8. The quantitative estimate of drug-likeness (QED) is 0.470. The normalized spacial score (nSPS) is 17.2. The number of hydrogen-bond donors (Lipinski definition) is 1. The highest BCUT2D eigenvalue weighted by Crippen LogP contribution is 2.46. The first kappa shape index (κ1) is 24.7. The van der Waals surface area contributed by atoms with Gasteiger partial charge in [0.2, 0.25) is 10.0 Å². The lowest BCUT2D eigenvalue weighted by molar-refractivity contribution is -0.149. The molecule has 176 valence electrons. The summed E-state index contributed by atoms with van der Waals surface area (Å²) in [5, 5.41) is 0. The molecule has 0 saturated heterocycles. The number of likely N-dealkylation sites (N-methyl/N-ethyl adjacent to an activating group) is 1. The Morgan fingerprint density at radius 2 is 1.67 bits per heavy atom. The van der Waals surface area contributed by atoms with E-state index in [9.17, 15) is 18.0 Å². The van der Waals surface area contributed by atoms with E-state index in [4.69, 9.17) is 4.74 Å². The molecule has 1 atom stereocenters. The second-order valence-electron chi connectivity index (χ2n) is 8.96. The van der Waals surface area contributed by atoms with Crippen LogP contribution in [0.4, 0.5) is 5.69 Å². The van der Waals surface area contributed by atoms with Gasteiger partial charge in [-0.15, -0.1) is 0 Å². The summed E-state index contributed by atoms with van der Waals surface area (Å²) in [5.41, 5.74) is 2.55. The standard InChI is InChI=1S/C25H30N2O5S/c1-17(2)23(26-33(30,31)19-11-7-6-8-12-19)24(29)32-16-18(28)15-22-25(3,4)20-13-9-10-14-21(20)27(22)5/h6-15,17,23,26H,16H2,1-5H3. The summed E-state index contributed by atoms with van der Waals surface area (Å²) >= 11 is 0. The maximum atomic E-state index is 12.7. The summed E-state index contributed by atoms with van der Waals surface area (Å²) in [6.45, 7) is 7.01. The molecule has 0 amide bonds. The monoisotopic (exact) mass is 470 g/mol. The summed E-state index contributed by atoms with van der Waals surface area (Å²) in [5.74, 6) is -1.54. The number of esters is 1. The van der Waals surface area contributed by atoms with Crippen LogP contribution >= 0.6 is 0 Å². The van der Waals surface area contributed by atoms with E-state index >= 15 is 0 Å². The molecule has 1 unspecified atom stereocenters. The van der Waals surface area contributed by atoms with Gasteiger partial charge < -0.3 is 9.64 Å². The summed E-state index contributed by atoms with van der Waals surface area (Å²) < 4.78 is 32.9. The third-order valence-electron chi connectivity index (χ3n) is 5.85. The van der Waals surface area contributed by atoms with Crippen LogP contribution in [0.5, 0.6) is 0 Å². The lowest BCUT2D eigenvalue weighted by atomic mass is 9.83. The number of carbonyl (C=O) groups excluding carboxylic acids is 2. The SMILES string of the molecule is CC(C)C(NS(=O)(=O)c1ccccc1)C(=O)OCC(=O)C=C1N(C)c2ccccc2C1(C)C. The fraction of sp³-hybridized carbons (Fsp3) is 0.360. The summed E-state index contributed by atoms with van der Waals surface area (Å²) in [6, 6.07) is 14.6. The van der Waals surface area contributed by atoms with E-state index in [2.05, 4.69) is 4.72 Å². The fourth-order valence-electron chi connectivity index (χ4n) is 3.98. The van der Waals surface area contributed by atoms with Gasteiger partial charge in [-0.2, -0.15) is 4.72 Å². The van der Waals surface area contributed by atoms with E-state index in [0.717, 1.165) is 16.9 Å². The lowest BCUT2D eigenvalue weighted by Gasteiger charge is -2.24. The van der Waals surface area contributed by atoms with E-state index in [1.807, 2.05) is 50.1 Å². The van der Waals surface area contributed by atoms with Gasteiger partial charge in [-0.1, -0.05) is 64.1 Å². The van der Waals surface area contributed by atoms with Gasteiger partial charge >= 0.3 is 5.97 Å². The largest absolute Gasteiger partial charge is 0.456 e. The third kappa shape index (κ3) is 5.17. The minimum atomic E-state index is -3.91. The van der Waals surface area contributed by atoms with Gasteiger partial charge in [-0.25, -0.2) is 8.42 Å². The molecule has 7 nitrogen and oxygen atoms in total. The Bertz CT molecular complexity index is 1170. The summed E-state index contributed by atoms with van der Waals surface area (Å²) in [6.07, 6.45) is 1.49. The number of nitrogens with zero attached hydrogens (tertiary/aromatic N) is 1. The predicted molar refractivity (Wildman–Crippen MR) is 127 cm³/mol. The van der Waals surface area contributed by atoms with Crippen molar-refractivity contribution >= 4 is 27.5 Å². The Morgan fingerprint density at radius 1 is 1.06 bits per heavy atom. The van der Waals surface area contributed by atoms with E-state index in [0.29, 0.717) is 0 Å². The Hall–Kier alpha value is -2.97. The number of nitrogens with one attached hydrogen (secondary N) is 1. The average Bonchev–Trinajstić information content (AvgIpc) is 2.97. The topological polar surface area (TPSA) is 92.8 Å². The van der Waals surface area contributed by atoms with Crippen LogP contribution in [0.2, 0.25) is 0 Å². The van der Waals surface area contributed by atoms with E-state index < -0.39 is 28.6 Å². The molecular formula is C25H30N2O5S. The number of sulfonamides is 1. The Balaban J connectivity index is 1.69. The van der Waals surface area contributed by atoms with Crippen LogP contribution in [-0.2, 0) is 29.8 Å². The molecule has 1 aliphatic heterocycles. The number of benzene rings is 2. The third-order valence-corrected chi connectivity index (χ3v) is 7.31. The van der Waals surface area contributed by atoms with Crippen LogP contribution in [0.15, 0.2) is 71.3 Å². The average molecular weight is 471 g/mol. The van der Waals surface area contributed by atoms with E-state index in [1.165, 1.54) is 18.2 Å². The zero-order valence-electron chi connectivity index (χ0n) is 19.5. The van der Waals surface area contributed by atoms with Gasteiger partial charge in [-0.3, -0.25) is 9.59 Å². The van der Waals surface area contributed by atoms with Gasteiger partial charge in [0, 0.05) is 29.9 Å². The van der Waals surface area contributed by atoms with E-state index in [-0.39, 0.29) is 22.0 Å². The molecule has 1 heterocycles. The molecule has 0 aromatic heterocycles. The Morgan fingerprint density at radius 3 is 2.27 bits per heavy atom. The van der Waals surface area contributed by atoms with Crippen molar-refractivity contribution in [2.75, 3.05) is 18.6 Å². The van der Waals surface area contributed by atoms with Crippen molar-refractivity contribution < 1.29 is 22.7 Å². The smallest absolute Gasteiger partial charge is 0.324 e. The number of carbonyl (C=O) groups is 2. The Labute approximate surface area is 195 Å². The molecule has 0 radical (unpaired) electrons. The number of rotatable bonds is 8. The molecule has 0 bridgehead atoms. The van der Waals surface area contributed by atoms with Crippen molar-refractivity contribution in [2.24, 2.45) is 5.92 Å². The number of fused-ring (bicyclic) bond motifs is 1. The zero-order valence-corrected chi connectivity index (χ0v) is 20.3. The van der Waals surface area contributed by atoms with Crippen molar-refractivity contribution in [3.63, 3.8) is 0 Å². The van der Waals surface area contributed by atoms with Crippen molar-refractivity contribution in [2.45, 2.75) is 44.0 Å². The molecule has 0 fully saturated rings. The molecule has 1 N–H and O–H groups in total. The van der Waals surface area contributed by atoms with Crippen LogP contribution in [0.3, 0.4) is 0 Å². The van der Waals surface area contributed by atoms with Crippen molar-refractivity contribution in [3.05, 3.63) is 71.9 Å². The van der Waals surface area contributed by atoms with Gasteiger partial charge in [-0.05, 0) is 29.7 Å². The second-order valence-corrected chi connectivity index (χ2v) is 10.7.